The van der Waals surface area contributed by atoms with Gasteiger partial charge in [-0.3, -0.25) is 4.90 Å². The Morgan fingerprint density at radius 3 is 2.73 bits per heavy atom. The summed E-state index contributed by atoms with van der Waals surface area (Å²) in [6, 6.07) is 7.27. The average molecular weight is 356 g/mol. The highest BCUT2D eigenvalue weighted by Crippen LogP contribution is 2.43. The van der Waals surface area contributed by atoms with Crippen molar-refractivity contribution < 1.29 is 4.74 Å². The maximum absolute atomic E-state index is 5.54. The second-order valence-electron chi connectivity index (χ2n) is 8.37. The predicted molar refractivity (Wildman–Crippen MR) is 112 cm³/mol. The van der Waals surface area contributed by atoms with Gasteiger partial charge in [0.05, 0.1) is 7.11 Å². The van der Waals surface area contributed by atoms with E-state index in [1.54, 1.807) is 18.3 Å². The summed E-state index contributed by atoms with van der Waals surface area (Å²) in [4.78, 5) is 2.78. The first kappa shape index (κ1) is 19.5. The molecule has 4 unspecified atom stereocenters. The van der Waals surface area contributed by atoms with Crippen LogP contribution in [-0.4, -0.2) is 31.1 Å². The van der Waals surface area contributed by atoms with E-state index >= 15 is 0 Å². The summed E-state index contributed by atoms with van der Waals surface area (Å²) in [7, 11) is 1.77. The van der Waals surface area contributed by atoms with E-state index in [0.717, 1.165) is 17.6 Å². The SMILES string of the molecule is CCCCC1CC2C(CC)=C(c3cc(OC)ccc3C)CCN(C1)C2C. The maximum Gasteiger partial charge on any atom is 0.119 e. The number of piperidine rings is 1. The summed E-state index contributed by atoms with van der Waals surface area (Å²) in [5.41, 5.74) is 6.14. The summed E-state index contributed by atoms with van der Waals surface area (Å²) in [5, 5.41) is 0. The molecule has 1 fully saturated rings. The first-order valence-corrected chi connectivity index (χ1v) is 10.7. The molecule has 2 aliphatic heterocycles. The monoisotopic (exact) mass is 355 g/mol. The molecule has 144 valence electrons. The summed E-state index contributed by atoms with van der Waals surface area (Å²) >= 11 is 0. The van der Waals surface area contributed by atoms with Crippen LogP contribution < -0.4 is 4.74 Å². The molecule has 2 aliphatic rings. The van der Waals surface area contributed by atoms with Crippen molar-refractivity contribution in [1.82, 2.24) is 4.90 Å². The van der Waals surface area contributed by atoms with Crippen molar-refractivity contribution in [2.24, 2.45) is 11.8 Å². The normalized spacial score (nSPS) is 28.8. The van der Waals surface area contributed by atoms with E-state index in [1.165, 1.54) is 62.7 Å². The van der Waals surface area contributed by atoms with E-state index in [-0.39, 0.29) is 0 Å². The van der Waals surface area contributed by atoms with Gasteiger partial charge in [-0.05, 0) is 80.2 Å². The summed E-state index contributed by atoms with van der Waals surface area (Å²) in [6.07, 6.45) is 7.84. The third-order valence-corrected chi connectivity index (χ3v) is 6.84. The molecular weight excluding hydrogens is 318 g/mol. The smallest absolute Gasteiger partial charge is 0.119 e. The minimum atomic E-state index is 0.686. The lowest BCUT2D eigenvalue weighted by molar-refractivity contribution is 0.0821. The Labute approximate surface area is 160 Å². The van der Waals surface area contributed by atoms with Crippen molar-refractivity contribution in [1.29, 1.82) is 0 Å². The molecule has 0 spiro atoms. The molecule has 0 saturated carbocycles. The Morgan fingerprint density at radius 2 is 2.04 bits per heavy atom. The van der Waals surface area contributed by atoms with Gasteiger partial charge in [0.1, 0.15) is 5.75 Å². The number of unbranched alkanes of at least 4 members (excludes halogenated alkanes) is 1. The first-order chi connectivity index (χ1) is 12.6. The van der Waals surface area contributed by atoms with Crippen molar-refractivity contribution in [3.8, 4) is 5.75 Å². The van der Waals surface area contributed by atoms with Gasteiger partial charge < -0.3 is 4.74 Å². The lowest BCUT2D eigenvalue weighted by Gasteiger charge is -2.43. The topological polar surface area (TPSA) is 12.5 Å². The van der Waals surface area contributed by atoms with Crippen LogP contribution in [-0.2, 0) is 0 Å². The first-order valence-electron chi connectivity index (χ1n) is 10.7. The number of hydrogen-bond donors (Lipinski definition) is 0. The number of hydrogen-bond acceptors (Lipinski definition) is 2. The zero-order valence-corrected chi connectivity index (χ0v) is 17.5. The third kappa shape index (κ3) is 3.86. The van der Waals surface area contributed by atoms with Crippen LogP contribution in [0, 0.1) is 18.8 Å². The molecule has 26 heavy (non-hydrogen) atoms. The van der Waals surface area contributed by atoms with Gasteiger partial charge in [-0.1, -0.05) is 38.3 Å². The van der Waals surface area contributed by atoms with Crippen molar-refractivity contribution >= 4 is 5.57 Å². The fourth-order valence-electron chi connectivity index (χ4n) is 5.29. The molecule has 1 saturated heterocycles. The Kier molecular flexibility index (Phi) is 6.45. The highest BCUT2D eigenvalue weighted by Gasteiger charge is 2.37. The fourth-order valence-corrected chi connectivity index (χ4v) is 5.29. The molecule has 0 aliphatic carbocycles. The molecule has 0 aromatic heterocycles. The molecule has 4 atom stereocenters. The lowest BCUT2D eigenvalue weighted by atomic mass is 9.75. The highest BCUT2D eigenvalue weighted by atomic mass is 16.5. The van der Waals surface area contributed by atoms with Crippen LogP contribution in [0.25, 0.3) is 5.57 Å². The zero-order chi connectivity index (χ0) is 18.7. The fraction of sp³-hybridized carbons (Fsp3) is 0.667. The van der Waals surface area contributed by atoms with Gasteiger partial charge in [-0.15, -0.1) is 0 Å². The molecule has 2 nitrogen and oxygen atoms in total. The van der Waals surface area contributed by atoms with Crippen molar-refractivity contribution in [2.75, 3.05) is 20.2 Å². The van der Waals surface area contributed by atoms with E-state index in [2.05, 4.69) is 50.8 Å². The van der Waals surface area contributed by atoms with Gasteiger partial charge in [-0.25, -0.2) is 0 Å². The van der Waals surface area contributed by atoms with Crippen molar-refractivity contribution in [2.45, 2.75) is 72.3 Å². The van der Waals surface area contributed by atoms with Crippen molar-refractivity contribution in [3.63, 3.8) is 0 Å². The number of rotatable bonds is 6. The second-order valence-corrected chi connectivity index (χ2v) is 8.37. The minimum absolute atomic E-state index is 0.686. The number of benzene rings is 1. The van der Waals surface area contributed by atoms with Gasteiger partial charge >= 0.3 is 0 Å². The molecule has 0 N–H and O–H groups in total. The van der Waals surface area contributed by atoms with E-state index in [0.29, 0.717) is 6.04 Å². The largest absolute Gasteiger partial charge is 0.497 e. The summed E-state index contributed by atoms with van der Waals surface area (Å²) in [6.45, 7) is 11.9. The predicted octanol–water partition coefficient (Wildman–Crippen LogP) is 6.09. The molecule has 2 bridgehead atoms. The number of ether oxygens (including phenoxy) is 1. The minimum Gasteiger partial charge on any atom is -0.497 e. The number of methoxy groups -OCH3 is 1. The average Bonchev–Trinajstić information content (AvgIpc) is 2.73. The number of fused-ring (bicyclic) bond motifs is 2. The lowest BCUT2D eigenvalue weighted by Crippen LogP contribution is -2.46. The molecule has 0 amide bonds. The molecule has 2 heteroatoms. The zero-order valence-electron chi connectivity index (χ0n) is 17.5. The molecule has 1 aromatic rings. The maximum atomic E-state index is 5.54. The van der Waals surface area contributed by atoms with E-state index in [1.807, 2.05) is 0 Å². The molecular formula is C24H37NO. The van der Waals surface area contributed by atoms with Crippen LogP contribution in [0.2, 0.25) is 0 Å². The van der Waals surface area contributed by atoms with E-state index in [4.69, 9.17) is 4.74 Å². The molecule has 2 heterocycles. The third-order valence-electron chi connectivity index (χ3n) is 6.84. The van der Waals surface area contributed by atoms with Crippen LogP contribution in [0.5, 0.6) is 5.75 Å². The number of nitrogens with zero attached hydrogens (tertiary/aromatic N) is 1. The van der Waals surface area contributed by atoms with E-state index in [9.17, 15) is 0 Å². The molecule has 1 aromatic carbocycles. The standard InChI is InChI=1S/C24H37NO/c1-6-8-9-19-14-24-18(4)25(16-19)13-12-22(21(24)7-2)23-15-20(26-5)11-10-17(23)3/h10-11,15,18-19,24H,6-9,12-14,16H2,1-5H3. The summed E-state index contributed by atoms with van der Waals surface area (Å²) < 4.78 is 5.54. The van der Waals surface area contributed by atoms with Crippen LogP contribution >= 0.6 is 0 Å². The molecule has 3 rings (SSSR count). The Balaban J connectivity index is 1.99. The quantitative estimate of drug-likeness (QED) is 0.612. The Bertz CT molecular complexity index is 648. The van der Waals surface area contributed by atoms with Gasteiger partial charge in [0, 0.05) is 19.1 Å². The Hall–Kier alpha value is -1.28. The van der Waals surface area contributed by atoms with Gasteiger partial charge in [0.15, 0.2) is 0 Å². The second kappa shape index (κ2) is 8.61. The van der Waals surface area contributed by atoms with E-state index < -0.39 is 0 Å². The number of aryl methyl sites for hydroxylation is 1. The van der Waals surface area contributed by atoms with Crippen LogP contribution in [0.1, 0.15) is 70.4 Å². The molecule has 0 radical (unpaired) electrons. The van der Waals surface area contributed by atoms with Gasteiger partial charge in [-0.2, -0.15) is 0 Å². The van der Waals surface area contributed by atoms with Gasteiger partial charge in [0.25, 0.3) is 0 Å². The van der Waals surface area contributed by atoms with Gasteiger partial charge in [0.2, 0.25) is 0 Å². The highest BCUT2D eigenvalue weighted by molar-refractivity contribution is 5.73. The van der Waals surface area contributed by atoms with Crippen LogP contribution in [0.15, 0.2) is 23.8 Å². The van der Waals surface area contributed by atoms with Crippen LogP contribution in [0.4, 0.5) is 0 Å². The Morgan fingerprint density at radius 1 is 1.23 bits per heavy atom. The summed E-state index contributed by atoms with van der Waals surface area (Å²) in [5.74, 6) is 2.58. The van der Waals surface area contributed by atoms with Crippen molar-refractivity contribution in [3.05, 3.63) is 34.9 Å². The van der Waals surface area contributed by atoms with Crippen LogP contribution in [0.3, 0.4) is 0 Å².